The smallest absolute Gasteiger partial charge is 0.224 e. The molecule has 1 aliphatic rings. The van der Waals surface area contributed by atoms with Gasteiger partial charge in [0.25, 0.3) is 0 Å². The quantitative estimate of drug-likeness (QED) is 0.735. The molecule has 1 aromatic heterocycles. The number of nitrogens with zero attached hydrogens (tertiary/aromatic N) is 1. The van der Waals surface area contributed by atoms with Crippen LogP contribution in [0, 0.1) is 12.3 Å². The minimum atomic E-state index is 0.0500. The number of H-pyrrole nitrogens is 1. The van der Waals surface area contributed by atoms with Gasteiger partial charge >= 0.3 is 0 Å². The first-order chi connectivity index (χ1) is 12.4. The molecule has 1 atom stereocenters. The zero-order chi connectivity index (χ0) is 18.4. The van der Waals surface area contributed by atoms with Crippen molar-refractivity contribution in [1.29, 1.82) is 0 Å². The van der Waals surface area contributed by atoms with Gasteiger partial charge in [-0.15, -0.1) is 0 Å². The van der Waals surface area contributed by atoms with Crippen LogP contribution in [-0.4, -0.2) is 22.4 Å². The Morgan fingerprint density at radius 3 is 2.62 bits per heavy atom. The first-order valence-corrected chi connectivity index (χ1v) is 9.17. The lowest BCUT2D eigenvalue weighted by Crippen LogP contribution is -2.35. The van der Waals surface area contributed by atoms with Crippen LogP contribution in [0.3, 0.4) is 0 Å². The Bertz CT molecular complexity index is 958. The Labute approximate surface area is 154 Å². The number of fused-ring (bicyclic) bond motifs is 1. The molecule has 0 radical (unpaired) electrons. The highest BCUT2D eigenvalue weighted by molar-refractivity contribution is 5.82. The lowest BCUT2D eigenvalue weighted by Gasteiger charge is -2.22. The number of hydrogen-bond donors (Lipinski definition) is 2. The summed E-state index contributed by atoms with van der Waals surface area (Å²) in [5, 5.41) is 3.18. The molecule has 2 N–H and O–H groups in total. The van der Waals surface area contributed by atoms with Gasteiger partial charge in [-0.1, -0.05) is 50.2 Å². The highest BCUT2D eigenvalue weighted by Crippen LogP contribution is 2.63. The molecule has 26 heavy (non-hydrogen) atoms. The van der Waals surface area contributed by atoms with E-state index in [-0.39, 0.29) is 16.7 Å². The maximum Gasteiger partial charge on any atom is 0.224 e. The predicted molar refractivity (Wildman–Crippen MR) is 104 cm³/mol. The van der Waals surface area contributed by atoms with Gasteiger partial charge < -0.3 is 10.3 Å². The van der Waals surface area contributed by atoms with E-state index in [1.54, 1.807) is 0 Å². The second-order valence-corrected chi connectivity index (χ2v) is 8.14. The maximum atomic E-state index is 12.5. The van der Waals surface area contributed by atoms with E-state index in [9.17, 15) is 4.79 Å². The monoisotopic (exact) mass is 347 g/mol. The van der Waals surface area contributed by atoms with Gasteiger partial charge in [0, 0.05) is 12.0 Å². The number of nitrogens with one attached hydrogen (secondary N) is 2. The normalized spacial score (nSPS) is 20.9. The number of rotatable bonds is 5. The molecule has 0 spiro atoms. The average molecular weight is 347 g/mol. The molecule has 3 aromatic rings. The zero-order valence-electron chi connectivity index (χ0n) is 15.6. The van der Waals surface area contributed by atoms with Crippen molar-refractivity contribution < 1.29 is 4.79 Å². The van der Waals surface area contributed by atoms with Gasteiger partial charge in [0.1, 0.15) is 5.82 Å². The van der Waals surface area contributed by atoms with Crippen molar-refractivity contribution in [3.63, 3.8) is 0 Å². The van der Waals surface area contributed by atoms with E-state index in [1.165, 1.54) is 5.56 Å². The molecule has 4 heteroatoms. The second kappa shape index (κ2) is 5.97. The third kappa shape index (κ3) is 2.90. The van der Waals surface area contributed by atoms with E-state index >= 15 is 0 Å². The molecule has 0 unspecified atom stereocenters. The number of hydrogen-bond acceptors (Lipinski definition) is 2. The summed E-state index contributed by atoms with van der Waals surface area (Å²) in [6.45, 7) is 7.18. The maximum absolute atomic E-state index is 12.5. The van der Waals surface area contributed by atoms with Crippen LogP contribution in [0.5, 0.6) is 0 Å². The number of carbonyl (C=O) groups is 1. The highest BCUT2D eigenvalue weighted by Gasteiger charge is 2.61. The van der Waals surface area contributed by atoms with Crippen molar-refractivity contribution in [2.75, 3.05) is 6.54 Å². The summed E-state index contributed by atoms with van der Waals surface area (Å²) in [5.41, 5.74) is 4.51. The number of aromatic nitrogens is 2. The van der Waals surface area contributed by atoms with E-state index < -0.39 is 0 Å². The zero-order valence-corrected chi connectivity index (χ0v) is 15.6. The first kappa shape index (κ1) is 16.8. The minimum Gasteiger partial charge on any atom is -0.355 e. The Morgan fingerprint density at radius 2 is 1.92 bits per heavy atom. The summed E-state index contributed by atoms with van der Waals surface area (Å²) in [6.07, 6.45) is 1.49. The molecule has 1 aliphatic carbocycles. The van der Waals surface area contributed by atoms with Gasteiger partial charge in [-0.05, 0) is 42.0 Å². The summed E-state index contributed by atoms with van der Waals surface area (Å²) < 4.78 is 0. The van der Waals surface area contributed by atoms with Crippen molar-refractivity contribution in [2.24, 2.45) is 5.41 Å². The van der Waals surface area contributed by atoms with Gasteiger partial charge in [0.05, 0.1) is 17.5 Å². The minimum absolute atomic E-state index is 0.0500. The van der Waals surface area contributed by atoms with Crippen molar-refractivity contribution in [3.8, 4) is 0 Å². The molecule has 0 aliphatic heterocycles. The van der Waals surface area contributed by atoms with Crippen molar-refractivity contribution in [3.05, 3.63) is 65.5 Å². The SMILES string of the molecule is Cc1nc2ccc(CC(=O)NC[C@]3(c4ccccc4)CC3(C)C)cc2[nH]1. The summed E-state index contributed by atoms with van der Waals surface area (Å²) in [4.78, 5) is 20.2. The van der Waals surface area contributed by atoms with Crippen LogP contribution in [0.4, 0.5) is 0 Å². The third-order valence-electron chi connectivity index (χ3n) is 5.86. The molecule has 2 aromatic carbocycles. The van der Waals surface area contributed by atoms with Crippen LogP contribution < -0.4 is 5.32 Å². The standard InChI is InChI=1S/C22H25N3O/c1-15-24-18-10-9-16(11-19(18)25-15)12-20(26)23-14-22(13-21(22,2)3)17-7-5-4-6-8-17/h4-11H,12-14H2,1-3H3,(H,23,26)(H,24,25)/t22-/m0/s1. The number of carbonyl (C=O) groups excluding carboxylic acids is 1. The summed E-state index contributed by atoms with van der Waals surface area (Å²) in [6, 6.07) is 16.5. The molecule has 4 nitrogen and oxygen atoms in total. The molecule has 1 saturated carbocycles. The molecule has 0 saturated heterocycles. The van der Waals surface area contributed by atoms with Gasteiger partial charge in [0.2, 0.25) is 5.91 Å². The second-order valence-electron chi connectivity index (χ2n) is 8.14. The van der Waals surface area contributed by atoms with Gasteiger partial charge in [-0.25, -0.2) is 4.98 Å². The molecule has 4 rings (SSSR count). The summed E-state index contributed by atoms with van der Waals surface area (Å²) >= 11 is 0. The summed E-state index contributed by atoms with van der Waals surface area (Å²) in [7, 11) is 0. The lowest BCUT2D eigenvalue weighted by atomic mass is 9.88. The summed E-state index contributed by atoms with van der Waals surface area (Å²) in [5.74, 6) is 0.959. The van der Waals surface area contributed by atoms with Crippen LogP contribution in [0.2, 0.25) is 0 Å². The molecule has 134 valence electrons. The Morgan fingerprint density at radius 1 is 1.19 bits per heavy atom. The molecule has 1 heterocycles. The number of amides is 1. The van der Waals surface area contributed by atoms with E-state index in [2.05, 4.69) is 53.4 Å². The molecule has 0 bridgehead atoms. The van der Waals surface area contributed by atoms with Crippen LogP contribution in [0.25, 0.3) is 11.0 Å². The predicted octanol–water partition coefficient (Wildman–Crippen LogP) is 3.90. The van der Waals surface area contributed by atoms with Gasteiger partial charge in [-0.3, -0.25) is 4.79 Å². The topological polar surface area (TPSA) is 57.8 Å². The fourth-order valence-corrected chi connectivity index (χ4v) is 4.16. The van der Waals surface area contributed by atoms with Crippen LogP contribution >= 0.6 is 0 Å². The number of imidazole rings is 1. The van der Waals surface area contributed by atoms with Crippen molar-refractivity contribution in [1.82, 2.24) is 15.3 Å². The first-order valence-electron chi connectivity index (χ1n) is 9.17. The molecular formula is C22H25N3O. The van der Waals surface area contributed by atoms with E-state index in [4.69, 9.17) is 0 Å². The lowest BCUT2D eigenvalue weighted by molar-refractivity contribution is -0.120. The van der Waals surface area contributed by atoms with E-state index in [0.717, 1.165) is 28.8 Å². The van der Waals surface area contributed by atoms with E-state index in [0.29, 0.717) is 13.0 Å². The fraction of sp³-hybridized carbons (Fsp3) is 0.364. The van der Waals surface area contributed by atoms with Crippen molar-refractivity contribution >= 4 is 16.9 Å². The Balaban J connectivity index is 1.44. The molecule has 1 fully saturated rings. The molecule has 1 amide bonds. The van der Waals surface area contributed by atoms with Crippen LogP contribution in [-0.2, 0) is 16.6 Å². The molecular weight excluding hydrogens is 322 g/mol. The van der Waals surface area contributed by atoms with Crippen molar-refractivity contribution in [2.45, 2.75) is 39.0 Å². The fourth-order valence-electron chi connectivity index (χ4n) is 4.16. The average Bonchev–Trinajstić information content (AvgIpc) is 2.98. The largest absolute Gasteiger partial charge is 0.355 e. The van der Waals surface area contributed by atoms with Crippen LogP contribution in [0.1, 0.15) is 37.2 Å². The van der Waals surface area contributed by atoms with Crippen LogP contribution in [0.15, 0.2) is 48.5 Å². The number of aryl methyl sites for hydroxylation is 1. The van der Waals surface area contributed by atoms with Gasteiger partial charge in [-0.2, -0.15) is 0 Å². The van der Waals surface area contributed by atoms with E-state index in [1.807, 2.05) is 31.2 Å². The van der Waals surface area contributed by atoms with Gasteiger partial charge in [0.15, 0.2) is 0 Å². The highest BCUT2D eigenvalue weighted by atomic mass is 16.1. The third-order valence-corrected chi connectivity index (χ3v) is 5.86. The number of benzene rings is 2. The number of aromatic amines is 1. The Kier molecular flexibility index (Phi) is 3.87. The Hall–Kier alpha value is -2.62.